The highest BCUT2D eigenvalue weighted by atomic mass is 32.2. The molecule has 0 aliphatic heterocycles. The Hall–Kier alpha value is -1.11. The number of hydrogen-bond donors (Lipinski definition) is 1. The molecule has 108 valence electrons. The second-order valence-electron chi connectivity index (χ2n) is 4.30. The molecule has 0 bridgehead atoms. The first-order valence-corrected chi connectivity index (χ1v) is 7.78. The van der Waals surface area contributed by atoms with Crippen LogP contribution in [0.5, 0.6) is 0 Å². The fourth-order valence-corrected chi connectivity index (χ4v) is 3.25. The Morgan fingerprint density at radius 2 is 1.95 bits per heavy atom. The van der Waals surface area contributed by atoms with Crippen LogP contribution >= 0.6 is 0 Å². The second kappa shape index (κ2) is 7.47. The average Bonchev–Trinajstić information content (AvgIpc) is 2.36. The summed E-state index contributed by atoms with van der Waals surface area (Å²) in [4.78, 5) is 0.310. The third-order valence-electron chi connectivity index (χ3n) is 2.68. The van der Waals surface area contributed by atoms with Crippen LogP contribution in [0.4, 0.5) is 5.69 Å². The molecule has 2 N–H and O–H groups in total. The van der Waals surface area contributed by atoms with E-state index in [-0.39, 0.29) is 5.75 Å². The van der Waals surface area contributed by atoms with Gasteiger partial charge in [-0.25, -0.2) is 8.42 Å². The van der Waals surface area contributed by atoms with Crippen LogP contribution in [0.15, 0.2) is 23.1 Å². The van der Waals surface area contributed by atoms with Gasteiger partial charge in [-0.1, -0.05) is 6.07 Å². The van der Waals surface area contributed by atoms with Gasteiger partial charge >= 0.3 is 0 Å². The molecular formula is C13H21NO4S. The zero-order chi connectivity index (χ0) is 14.3. The predicted octanol–water partition coefficient (Wildman–Crippen LogP) is 1.40. The molecule has 0 radical (unpaired) electrons. The molecule has 1 rings (SSSR count). The summed E-state index contributed by atoms with van der Waals surface area (Å²) < 4.78 is 34.4. The van der Waals surface area contributed by atoms with Crippen LogP contribution in [0.25, 0.3) is 0 Å². The maximum absolute atomic E-state index is 12.2. The van der Waals surface area contributed by atoms with Crippen LogP contribution in [0.1, 0.15) is 12.0 Å². The lowest BCUT2D eigenvalue weighted by Gasteiger charge is -2.09. The van der Waals surface area contributed by atoms with E-state index in [1.54, 1.807) is 26.2 Å². The summed E-state index contributed by atoms with van der Waals surface area (Å²) in [5, 5.41) is 0. The fraction of sp³-hybridized carbons (Fsp3) is 0.538. The molecule has 5 nitrogen and oxygen atoms in total. The van der Waals surface area contributed by atoms with E-state index in [9.17, 15) is 8.42 Å². The molecule has 0 atom stereocenters. The number of nitrogens with two attached hydrogens (primary N) is 1. The Morgan fingerprint density at radius 1 is 1.21 bits per heavy atom. The number of hydrogen-bond acceptors (Lipinski definition) is 5. The Balaban J connectivity index is 2.54. The predicted molar refractivity (Wildman–Crippen MR) is 75.0 cm³/mol. The van der Waals surface area contributed by atoms with Crippen molar-refractivity contribution in [3.63, 3.8) is 0 Å². The second-order valence-corrected chi connectivity index (χ2v) is 6.38. The summed E-state index contributed by atoms with van der Waals surface area (Å²) in [5.41, 5.74) is 6.81. The molecule has 1 aromatic rings. The van der Waals surface area contributed by atoms with Crippen LogP contribution in [0.2, 0.25) is 0 Å². The molecular weight excluding hydrogens is 266 g/mol. The van der Waals surface area contributed by atoms with Gasteiger partial charge in [0.1, 0.15) is 0 Å². The minimum absolute atomic E-state index is 0.0598. The molecule has 0 aliphatic carbocycles. The summed E-state index contributed by atoms with van der Waals surface area (Å²) in [6.07, 6.45) is 0.459. The molecule has 0 aliphatic rings. The van der Waals surface area contributed by atoms with Gasteiger partial charge < -0.3 is 15.2 Å². The largest absolute Gasteiger partial charge is 0.399 e. The lowest BCUT2D eigenvalue weighted by atomic mass is 10.2. The van der Waals surface area contributed by atoms with E-state index < -0.39 is 9.84 Å². The number of benzene rings is 1. The highest BCUT2D eigenvalue weighted by molar-refractivity contribution is 7.91. The van der Waals surface area contributed by atoms with Gasteiger partial charge in [0.15, 0.2) is 9.84 Å². The quantitative estimate of drug-likeness (QED) is 0.577. The number of methoxy groups -OCH3 is 1. The van der Waals surface area contributed by atoms with Crippen molar-refractivity contribution in [2.45, 2.75) is 18.2 Å². The smallest absolute Gasteiger partial charge is 0.178 e. The van der Waals surface area contributed by atoms with E-state index in [1.165, 1.54) is 6.07 Å². The highest BCUT2D eigenvalue weighted by Crippen LogP contribution is 2.20. The third kappa shape index (κ3) is 5.18. The first-order chi connectivity index (χ1) is 8.97. The molecule has 0 fully saturated rings. The Kier molecular flexibility index (Phi) is 6.27. The highest BCUT2D eigenvalue weighted by Gasteiger charge is 2.16. The number of ether oxygens (including phenoxy) is 2. The topological polar surface area (TPSA) is 78.6 Å². The Labute approximate surface area is 114 Å². The summed E-state index contributed by atoms with van der Waals surface area (Å²) in [5.74, 6) is 0.0598. The van der Waals surface area contributed by atoms with Crippen molar-refractivity contribution < 1.29 is 17.9 Å². The Bertz CT molecular complexity index is 499. The van der Waals surface area contributed by atoms with Gasteiger partial charge in [0, 0.05) is 19.4 Å². The van der Waals surface area contributed by atoms with Crippen molar-refractivity contribution in [1.82, 2.24) is 0 Å². The van der Waals surface area contributed by atoms with Gasteiger partial charge in [-0.15, -0.1) is 0 Å². The molecule has 0 saturated carbocycles. The zero-order valence-corrected chi connectivity index (χ0v) is 12.2. The van der Waals surface area contributed by atoms with Crippen molar-refractivity contribution in [2.24, 2.45) is 0 Å². The molecule has 0 spiro atoms. The molecule has 0 heterocycles. The van der Waals surface area contributed by atoms with Gasteiger partial charge in [0.05, 0.1) is 23.9 Å². The average molecular weight is 287 g/mol. The van der Waals surface area contributed by atoms with E-state index in [0.29, 0.717) is 36.8 Å². The lowest BCUT2D eigenvalue weighted by molar-refractivity contribution is 0.0712. The lowest BCUT2D eigenvalue weighted by Crippen LogP contribution is -2.12. The molecule has 0 saturated heterocycles. The van der Waals surface area contributed by atoms with Crippen molar-refractivity contribution >= 4 is 15.5 Å². The molecule has 1 aromatic carbocycles. The van der Waals surface area contributed by atoms with Crippen molar-refractivity contribution in [3.05, 3.63) is 23.8 Å². The maximum atomic E-state index is 12.2. The summed E-state index contributed by atoms with van der Waals surface area (Å²) in [6, 6.07) is 4.93. The van der Waals surface area contributed by atoms with E-state index in [0.717, 1.165) is 5.56 Å². The third-order valence-corrected chi connectivity index (χ3v) is 4.62. The molecule has 6 heteroatoms. The number of sulfone groups is 1. The van der Waals surface area contributed by atoms with Crippen LogP contribution in [-0.4, -0.2) is 41.1 Å². The van der Waals surface area contributed by atoms with Crippen molar-refractivity contribution in [2.75, 3.05) is 38.4 Å². The molecule has 0 unspecified atom stereocenters. The number of nitrogen functional groups attached to an aromatic ring is 1. The monoisotopic (exact) mass is 287 g/mol. The number of aryl methyl sites for hydroxylation is 1. The SMILES string of the molecule is COCCOCCCS(=O)(=O)c1cc(N)ccc1C. The molecule has 0 aromatic heterocycles. The number of rotatable bonds is 8. The van der Waals surface area contributed by atoms with Crippen molar-refractivity contribution in [1.29, 1.82) is 0 Å². The van der Waals surface area contributed by atoms with Crippen LogP contribution in [-0.2, 0) is 19.3 Å². The van der Waals surface area contributed by atoms with E-state index >= 15 is 0 Å². The summed E-state index contributed by atoms with van der Waals surface area (Å²) >= 11 is 0. The van der Waals surface area contributed by atoms with E-state index in [2.05, 4.69) is 0 Å². The minimum Gasteiger partial charge on any atom is -0.399 e. The van der Waals surface area contributed by atoms with Crippen molar-refractivity contribution in [3.8, 4) is 0 Å². The van der Waals surface area contributed by atoms with Crippen LogP contribution in [0.3, 0.4) is 0 Å². The fourth-order valence-electron chi connectivity index (χ4n) is 1.66. The van der Waals surface area contributed by atoms with Gasteiger partial charge in [-0.05, 0) is 31.0 Å². The van der Waals surface area contributed by atoms with E-state index in [1.807, 2.05) is 0 Å². The van der Waals surface area contributed by atoms with Crippen LogP contribution in [0, 0.1) is 6.92 Å². The molecule has 19 heavy (non-hydrogen) atoms. The van der Waals surface area contributed by atoms with Gasteiger partial charge in [-0.2, -0.15) is 0 Å². The maximum Gasteiger partial charge on any atom is 0.178 e. The minimum atomic E-state index is -3.30. The Morgan fingerprint density at radius 3 is 2.63 bits per heavy atom. The van der Waals surface area contributed by atoms with Gasteiger partial charge in [-0.3, -0.25) is 0 Å². The van der Waals surface area contributed by atoms with E-state index in [4.69, 9.17) is 15.2 Å². The molecule has 0 amide bonds. The van der Waals surface area contributed by atoms with Crippen LogP contribution < -0.4 is 5.73 Å². The zero-order valence-electron chi connectivity index (χ0n) is 11.4. The standard InChI is InChI=1S/C13H21NO4S/c1-11-4-5-12(14)10-13(11)19(15,16)9-3-6-18-8-7-17-2/h4-5,10H,3,6-9,14H2,1-2H3. The first-order valence-electron chi connectivity index (χ1n) is 6.13. The number of anilines is 1. The van der Waals surface area contributed by atoms with Gasteiger partial charge in [0.25, 0.3) is 0 Å². The normalized spacial score (nSPS) is 11.7. The van der Waals surface area contributed by atoms with Gasteiger partial charge in [0.2, 0.25) is 0 Å². The first kappa shape index (κ1) is 15.9. The summed E-state index contributed by atoms with van der Waals surface area (Å²) in [7, 11) is -1.70. The summed E-state index contributed by atoms with van der Waals surface area (Å²) in [6.45, 7) is 3.17.